The molecule has 3 aromatic rings. The van der Waals surface area contributed by atoms with E-state index in [-0.39, 0.29) is 18.1 Å². The molecule has 0 unspecified atom stereocenters. The van der Waals surface area contributed by atoms with Gasteiger partial charge in [-0.3, -0.25) is 4.79 Å². The lowest BCUT2D eigenvalue weighted by Crippen LogP contribution is -2.09. The lowest BCUT2D eigenvalue weighted by molar-refractivity contribution is 0.0525. The largest absolute Gasteiger partial charge is 0.462 e. The van der Waals surface area contributed by atoms with E-state index in [9.17, 15) is 9.59 Å². The van der Waals surface area contributed by atoms with E-state index in [0.717, 1.165) is 12.0 Å². The Kier molecular flexibility index (Phi) is 8.71. The fourth-order valence-corrected chi connectivity index (χ4v) is 4.48. The third-order valence-electron chi connectivity index (χ3n) is 5.08. The first-order valence-corrected chi connectivity index (χ1v) is 11.9. The van der Waals surface area contributed by atoms with Gasteiger partial charge >= 0.3 is 5.97 Å². The quantitative estimate of drug-likeness (QED) is 0.179. The Balaban J connectivity index is 1.80. The highest BCUT2D eigenvalue weighted by atomic mass is 35.5. The van der Waals surface area contributed by atoms with Crippen molar-refractivity contribution in [3.05, 3.63) is 51.8 Å². The van der Waals surface area contributed by atoms with Gasteiger partial charge in [0.15, 0.2) is 16.8 Å². The lowest BCUT2D eigenvalue weighted by atomic mass is 10.1. The van der Waals surface area contributed by atoms with Crippen molar-refractivity contribution in [1.82, 2.24) is 19.7 Å². The number of aryl methyl sites for hydroxylation is 1. The second-order valence-electron chi connectivity index (χ2n) is 7.37. The van der Waals surface area contributed by atoms with Crippen LogP contribution in [0.25, 0.3) is 11.4 Å². The number of hydrogen-bond acceptors (Lipinski definition) is 7. The van der Waals surface area contributed by atoms with E-state index in [0.29, 0.717) is 51.7 Å². The third-order valence-corrected chi connectivity index (χ3v) is 6.30. The van der Waals surface area contributed by atoms with Crippen molar-refractivity contribution in [2.75, 3.05) is 26.1 Å². The third kappa shape index (κ3) is 5.85. The number of aromatic nitrogens is 4. The molecule has 0 amide bonds. The van der Waals surface area contributed by atoms with Crippen LogP contribution >= 0.6 is 23.4 Å². The van der Waals surface area contributed by atoms with Crippen LogP contribution in [-0.4, -0.2) is 57.6 Å². The van der Waals surface area contributed by atoms with Crippen LogP contribution in [0.4, 0.5) is 0 Å². The standard InChI is InChI=1S/C23H27ClN4O4S/c1-5-32-22(30)19-14(2)20(25-15(19)3)18(29)13-33-23-27-26-21(28(23)11-6-12-31-4)16-7-9-17(24)10-8-16/h7-10,25H,5-6,11-13H2,1-4H3. The van der Waals surface area contributed by atoms with Crippen LogP contribution in [0.2, 0.25) is 5.02 Å². The summed E-state index contributed by atoms with van der Waals surface area (Å²) in [5, 5.41) is 9.95. The Bertz CT molecular complexity index is 1120. The van der Waals surface area contributed by atoms with E-state index in [4.69, 9.17) is 21.1 Å². The van der Waals surface area contributed by atoms with Crippen LogP contribution < -0.4 is 0 Å². The molecular formula is C23H27ClN4O4S. The van der Waals surface area contributed by atoms with Crippen LogP contribution in [-0.2, 0) is 16.0 Å². The summed E-state index contributed by atoms with van der Waals surface area (Å²) in [6.45, 7) is 6.77. The molecule has 8 nitrogen and oxygen atoms in total. The van der Waals surface area contributed by atoms with Crippen molar-refractivity contribution in [2.24, 2.45) is 0 Å². The van der Waals surface area contributed by atoms with Gasteiger partial charge in [-0.05, 0) is 57.0 Å². The number of benzene rings is 1. The maximum absolute atomic E-state index is 13.0. The Morgan fingerprint density at radius 1 is 1.18 bits per heavy atom. The number of ketones is 1. The molecule has 0 aliphatic carbocycles. The van der Waals surface area contributed by atoms with E-state index in [2.05, 4.69) is 15.2 Å². The summed E-state index contributed by atoms with van der Waals surface area (Å²) in [5.74, 6) is 0.289. The molecule has 1 N–H and O–H groups in total. The highest BCUT2D eigenvalue weighted by Gasteiger charge is 2.23. The first-order chi connectivity index (χ1) is 15.9. The highest BCUT2D eigenvalue weighted by Crippen LogP contribution is 2.27. The van der Waals surface area contributed by atoms with E-state index < -0.39 is 5.97 Å². The zero-order valence-electron chi connectivity index (χ0n) is 19.1. The summed E-state index contributed by atoms with van der Waals surface area (Å²) < 4.78 is 12.3. The first-order valence-electron chi connectivity index (χ1n) is 10.6. The van der Waals surface area contributed by atoms with Gasteiger partial charge in [-0.1, -0.05) is 23.4 Å². The molecule has 10 heteroatoms. The topological polar surface area (TPSA) is 99.1 Å². The number of aromatic amines is 1. The normalized spacial score (nSPS) is 11.1. The Labute approximate surface area is 202 Å². The number of ether oxygens (including phenoxy) is 2. The monoisotopic (exact) mass is 490 g/mol. The molecule has 0 bridgehead atoms. The minimum absolute atomic E-state index is 0.129. The van der Waals surface area contributed by atoms with Gasteiger partial charge in [0.1, 0.15) is 0 Å². The van der Waals surface area contributed by atoms with Gasteiger partial charge in [0.25, 0.3) is 0 Å². The molecule has 0 spiro atoms. The molecule has 176 valence electrons. The second kappa shape index (κ2) is 11.5. The van der Waals surface area contributed by atoms with Gasteiger partial charge in [0.2, 0.25) is 0 Å². The number of thioether (sulfide) groups is 1. The smallest absolute Gasteiger partial charge is 0.340 e. The molecule has 0 radical (unpaired) electrons. The molecule has 33 heavy (non-hydrogen) atoms. The highest BCUT2D eigenvalue weighted by molar-refractivity contribution is 7.99. The molecule has 0 aliphatic heterocycles. The summed E-state index contributed by atoms with van der Waals surface area (Å²) in [4.78, 5) is 28.3. The summed E-state index contributed by atoms with van der Waals surface area (Å²) in [7, 11) is 1.66. The molecule has 2 aromatic heterocycles. The summed E-state index contributed by atoms with van der Waals surface area (Å²) >= 11 is 7.32. The van der Waals surface area contributed by atoms with Crippen molar-refractivity contribution in [3.8, 4) is 11.4 Å². The van der Waals surface area contributed by atoms with Crippen LogP contribution in [0.15, 0.2) is 29.4 Å². The van der Waals surface area contributed by atoms with Gasteiger partial charge in [-0.2, -0.15) is 0 Å². The number of nitrogens with zero attached hydrogens (tertiary/aromatic N) is 3. The van der Waals surface area contributed by atoms with Gasteiger partial charge in [-0.15, -0.1) is 10.2 Å². The van der Waals surface area contributed by atoms with Crippen LogP contribution in [0, 0.1) is 13.8 Å². The molecule has 2 heterocycles. The van der Waals surface area contributed by atoms with E-state index in [1.54, 1.807) is 40.0 Å². The number of H-pyrrole nitrogens is 1. The molecule has 0 aliphatic rings. The second-order valence-corrected chi connectivity index (χ2v) is 8.75. The Morgan fingerprint density at radius 2 is 1.91 bits per heavy atom. The molecular weight excluding hydrogens is 464 g/mol. The minimum Gasteiger partial charge on any atom is -0.462 e. The molecule has 0 fully saturated rings. The Morgan fingerprint density at radius 3 is 2.58 bits per heavy atom. The number of hydrogen-bond donors (Lipinski definition) is 1. The predicted octanol–water partition coefficient (Wildman–Crippen LogP) is 4.73. The van der Waals surface area contributed by atoms with E-state index >= 15 is 0 Å². The minimum atomic E-state index is -0.430. The number of halogens is 1. The van der Waals surface area contributed by atoms with Crippen molar-refractivity contribution < 1.29 is 19.1 Å². The van der Waals surface area contributed by atoms with Gasteiger partial charge in [-0.25, -0.2) is 4.79 Å². The van der Waals surface area contributed by atoms with Crippen LogP contribution in [0.3, 0.4) is 0 Å². The number of carbonyl (C=O) groups excluding carboxylic acids is 2. The van der Waals surface area contributed by atoms with Crippen molar-refractivity contribution in [2.45, 2.75) is 38.9 Å². The van der Waals surface area contributed by atoms with E-state index in [1.165, 1.54) is 11.8 Å². The van der Waals surface area contributed by atoms with E-state index in [1.807, 2.05) is 16.7 Å². The summed E-state index contributed by atoms with van der Waals surface area (Å²) in [6, 6.07) is 7.39. The van der Waals surface area contributed by atoms with Gasteiger partial charge in [0, 0.05) is 36.5 Å². The number of Topliss-reactive ketones (excluding diaryl/α,β-unsaturated/α-hetero) is 1. The van der Waals surface area contributed by atoms with Crippen molar-refractivity contribution >= 4 is 35.1 Å². The number of esters is 1. The zero-order chi connectivity index (χ0) is 24.0. The zero-order valence-corrected chi connectivity index (χ0v) is 20.7. The average molecular weight is 491 g/mol. The number of carbonyl (C=O) groups is 2. The van der Waals surface area contributed by atoms with Crippen LogP contribution in [0.5, 0.6) is 0 Å². The van der Waals surface area contributed by atoms with Gasteiger partial charge < -0.3 is 19.0 Å². The van der Waals surface area contributed by atoms with Crippen LogP contribution in [0.1, 0.15) is 45.4 Å². The lowest BCUT2D eigenvalue weighted by Gasteiger charge is -2.10. The predicted molar refractivity (Wildman–Crippen MR) is 128 cm³/mol. The fourth-order valence-electron chi connectivity index (χ4n) is 3.52. The maximum Gasteiger partial charge on any atom is 0.340 e. The van der Waals surface area contributed by atoms with Gasteiger partial charge in [0.05, 0.1) is 23.6 Å². The van der Waals surface area contributed by atoms with Crippen molar-refractivity contribution in [3.63, 3.8) is 0 Å². The number of rotatable bonds is 11. The average Bonchev–Trinajstić information content (AvgIpc) is 3.33. The molecule has 0 saturated heterocycles. The maximum atomic E-state index is 13.0. The number of nitrogens with one attached hydrogen (secondary N) is 1. The molecule has 0 atom stereocenters. The number of methoxy groups -OCH3 is 1. The molecule has 3 rings (SSSR count). The Hall–Kier alpha value is -2.62. The molecule has 0 saturated carbocycles. The summed E-state index contributed by atoms with van der Waals surface area (Å²) in [6.07, 6.45) is 0.772. The fraction of sp³-hybridized carbons (Fsp3) is 0.391. The SMILES string of the molecule is CCOC(=O)c1c(C)[nH]c(C(=O)CSc2nnc(-c3ccc(Cl)cc3)n2CCCOC)c1C. The molecule has 1 aromatic carbocycles. The van der Waals surface area contributed by atoms with Crippen molar-refractivity contribution in [1.29, 1.82) is 0 Å². The summed E-state index contributed by atoms with van der Waals surface area (Å²) in [5.41, 5.74) is 2.92. The first kappa shape index (κ1) is 25.0.